The molecule has 0 fully saturated rings. The van der Waals surface area contributed by atoms with Crippen molar-refractivity contribution >= 4 is 46.3 Å². The van der Waals surface area contributed by atoms with Crippen LogP contribution < -0.4 is 10.6 Å². The van der Waals surface area contributed by atoms with Gasteiger partial charge >= 0.3 is 0 Å². The zero-order valence-corrected chi connectivity index (χ0v) is 14.8. The molecular weight excluding hydrogens is 371 g/mol. The van der Waals surface area contributed by atoms with Crippen LogP contribution in [0.1, 0.15) is 15.9 Å². The maximum Gasteiger partial charge on any atom is 0.255 e. The molecule has 0 bridgehead atoms. The Kier molecular flexibility index (Phi) is 5.37. The lowest BCUT2D eigenvalue weighted by atomic mass is 10.2. The Hall–Kier alpha value is -3.07. The molecule has 0 unspecified atom stereocenters. The van der Waals surface area contributed by atoms with Crippen LogP contribution in [-0.4, -0.2) is 10.9 Å². The van der Waals surface area contributed by atoms with Crippen LogP contribution in [0.4, 0.5) is 17.2 Å². The second-order valence-corrected chi connectivity index (χ2v) is 6.23. The highest BCUT2D eigenvalue weighted by molar-refractivity contribution is 6.35. The lowest BCUT2D eigenvalue weighted by molar-refractivity contribution is 0.102. The minimum absolute atomic E-state index is 0.320. The summed E-state index contributed by atoms with van der Waals surface area (Å²) in [5, 5.41) is 15.6. The fourth-order valence-corrected chi connectivity index (χ4v) is 2.81. The first-order valence-corrected chi connectivity index (χ1v) is 8.30. The normalized spacial score (nSPS) is 10.0. The fourth-order valence-electron chi connectivity index (χ4n) is 2.28. The van der Waals surface area contributed by atoms with Crippen LogP contribution in [0, 0.1) is 11.3 Å². The molecule has 0 saturated carbocycles. The molecule has 26 heavy (non-hydrogen) atoms. The van der Waals surface area contributed by atoms with E-state index in [4.69, 9.17) is 28.5 Å². The molecule has 0 radical (unpaired) electrons. The van der Waals surface area contributed by atoms with Crippen molar-refractivity contribution in [1.29, 1.82) is 5.26 Å². The minimum Gasteiger partial charge on any atom is -0.340 e. The number of halogens is 2. The highest BCUT2D eigenvalue weighted by atomic mass is 35.5. The van der Waals surface area contributed by atoms with Gasteiger partial charge in [-0.1, -0.05) is 29.3 Å². The molecule has 1 amide bonds. The first-order chi connectivity index (χ1) is 12.5. The van der Waals surface area contributed by atoms with E-state index >= 15 is 0 Å². The summed E-state index contributed by atoms with van der Waals surface area (Å²) in [6, 6.07) is 17.1. The van der Waals surface area contributed by atoms with Crippen LogP contribution in [0.5, 0.6) is 0 Å². The molecule has 7 heteroatoms. The van der Waals surface area contributed by atoms with Gasteiger partial charge in [-0.25, -0.2) is 4.98 Å². The summed E-state index contributed by atoms with van der Waals surface area (Å²) in [5.41, 5.74) is 2.15. The van der Waals surface area contributed by atoms with Crippen LogP contribution in [0.25, 0.3) is 0 Å². The Labute approximate surface area is 160 Å². The van der Waals surface area contributed by atoms with Gasteiger partial charge in [0.2, 0.25) is 0 Å². The lowest BCUT2D eigenvalue weighted by Gasteiger charge is -2.09. The lowest BCUT2D eigenvalue weighted by Crippen LogP contribution is -2.12. The Morgan fingerprint density at radius 2 is 1.77 bits per heavy atom. The Balaban J connectivity index is 1.77. The Bertz CT molecular complexity index is 994. The molecule has 0 aliphatic rings. The van der Waals surface area contributed by atoms with Crippen molar-refractivity contribution in [3.63, 3.8) is 0 Å². The Morgan fingerprint density at radius 3 is 2.50 bits per heavy atom. The molecule has 0 saturated heterocycles. The summed E-state index contributed by atoms with van der Waals surface area (Å²) in [7, 11) is 0. The number of carbonyl (C=O) groups excluding carboxylic acids is 1. The van der Waals surface area contributed by atoms with Crippen LogP contribution in [0.3, 0.4) is 0 Å². The number of benzene rings is 2. The molecule has 128 valence electrons. The molecule has 0 aliphatic heterocycles. The molecule has 0 spiro atoms. The molecule has 0 atom stereocenters. The van der Waals surface area contributed by atoms with Gasteiger partial charge in [0.1, 0.15) is 5.82 Å². The molecular formula is C19H12Cl2N4O. The SMILES string of the molecule is N#Cc1cccc(Nc2cc(C(=O)Nc3cc(Cl)cc(Cl)c3)ccn2)c1. The van der Waals surface area contributed by atoms with Crippen molar-refractivity contribution in [1.82, 2.24) is 4.98 Å². The van der Waals surface area contributed by atoms with E-state index in [9.17, 15) is 4.79 Å². The fraction of sp³-hybridized carbons (Fsp3) is 0. The number of nitrogens with zero attached hydrogens (tertiary/aromatic N) is 2. The largest absolute Gasteiger partial charge is 0.340 e. The molecule has 2 N–H and O–H groups in total. The van der Waals surface area contributed by atoms with E-state index in [1.165, 1.54) is 6.20 Å². The molecule has 3 rings (SSSR count). The monoisotopic (exact) mass is 382 g/mol. The van der Waals surface area contributed by atoms with E-state index in [0.717, 1.165) is 0 Å². The zero-order chi connectivity index (χ0) is 18.5. The average Bonchev–Trinajstić information content (AvgIpc) is 2.61. The number of carbonyl (C=O) groups is 1. The molecule has 0 aliphatic carbocycles. The predicted molar refractivity (Wildman–Crippen MR) is 103 cm³/mol. The van der Waals surface area contributed by atoms with Crippen LogP contribution in [0.15, 0.2) is 60.8 Å². The van der Waals surface area contributed by atoms with Gasteiger partial charge in [0.15, 0.2) is 0 Å². The van der Waals surface area contributed by atoms with Crippen molar-refractivity contribution in [2.45, 2.75) is 0 Å². The topological polar surface area (TPSA) is 77.8 Å². The summed E-state index contributed by atoms with van der Waals surface area (Å²) in [6.45, 7) is 0. The van der Waals surface area contributed by atoms with Crippen LogP contribution in [0.2, 0.25) is 10.0 Å². The van der Waals surface area contributed by atoms with Crippen molar-refractivity contribution in [2.75, 3.05) is 10.6 Å². The summed E-state index contributed by atoms with van der Waals surface area (Å²) < 4.78 is 0. The summed E-state index contributed by atoms with van der Waals surface area (Å²) in [6.07, 6.45) is 1.52. The van der Waals surface area contributed by atoms with E-state index in [2.05, 4.69) is 21.7 Å². The van der Waals surface area contributed by atoms with Gasteiger partial charge in [-0.05, 0) is 48.5 Å². The standard InChI is InChI=1S/C19H12Cl2N4O/c20-14-8-15(21)10-17(9-14)25-19(26)13-4-5-23-18(7-13)24-16-3-1-2-12(6-16)11-22/h1-10H,(H,23,24)(H,25,26). The number of anilines is 3. The molecule has 3 aromatic rings. The maximum absolute atomic E-state index is 12.4. The smallest absolute Gasteiger partial charge is 0.255 e. The number of pyridine rings is 1. The second-order valence-electron chi connectivity index (χ2n) is 5.36. The third-order valence-corrected chi connectivity index (χ3v) is 3.84. The number of hydrogen-bond donors (Lipinski definition) is 2. The highest BCUT2D eigenvalue weighted by Gasteiger charge is 2.09. The highest BCUT2D eigenvalue weighted by Crippen LogP contribution is 2.23. The molecule has 1 heterocycles. The number of nitrogens with one attached hydrogen (secondary N) is 2. The van der Waals surface area contributed by atoms with Crippen LogP contribution >= 0.6 is 23.2 Å². The van der Waals surface area contributed by atoms with Gasteiger partial charge in [-0.3, -0.25) is 4.79 Å². The summed E-state index contributed by atoms with van der Waals surface area (Å²) in [5.74, 6) is 0.163. The van der Waals surface area contributed by atoms with Gasteiger partial charge < -0.3 is 10.6 Å². The van der Waals surface area contributed by atoms with Crippen molar-refractivity contribution in [3.05, 3.63) is 82.0 Å². The molecule has 5 nitrogen and oxygen atoms in total. The number of aromatic nitrogens is 1. The van der Waals surface area contributed by atoms with Crippen molar-refractivity contribution in [2.24, 2.45) is 0 Å². The van der Waals surface area contributed by atoms with Gasteiger partial charge in [0, 0.05) is 33.2 Å². The van der Waals surface area contributed by atoms with Crippen molar-refractivity contribution in [3.8, 4) is 6.07 Å². The number of hydrogen-bond acceptors (Lipinski definition) is 4. The van der Waals surface area contributed by atoms with Gasteiger partial charge in [-0.2, -0.15) is 5.26 Å². The number of rotatable bonds is 4. The second kappa shape index (κ2) is 7.87. The van der Waals surface area contributed by atoms with E-state index in [1.54, 1.807) is 48.5 Å². The van der Waals surface area contributed by atoms with E-state index in [-0.39, 0.29) is 5.91 Å². The third kappa shape index (κ3) is 4.51. The average molecular weight is 383 g/mol. The van der Waals surface area contributed by atoms with E-state index in [0.29, 0.717) is 38.4 Å². The number of amides is 1. The van der Waals surface area contributed by atoms with E-state index in [1.807, 2.05) is 6.07 Å². The van der Waals surface area contributed by atoms with Gasteiger partial charge in [-0.15, -0.1) is 0 Å². The van der Waals surface area contributed by atoms with Crippen LogP contribution in [-0.2, 0) is 0 Å². The summed E-state index contributed by atoms with van der Waals surface area (Å²) in [4.78, 5) is 16.6. The maximum atomic E-state index is 12.4. The number of nitriles is 1. The third-order valence-electron chi connectivity index (χ3n) is 3.41. The van der Waals surface area contributed by atoms with Gasteiger partial charge in [0.05, 0.1) is 11.6 Å². The minimum atomic E-state index is -0.320. The Morgan fingerprint density at radius 1 is 1.00 bits per heavy atom. The zero-order valence-electron chi connectivity index (χ0n) is 13.3. The molecule has 2 aromatic carbocycles. The molecule has 1 aromatic heterocycles. The summed E-state index contributed by atoms with van der Waals surface area (Å²) >= 11 is 11.9. The predicted octanol–water partition coefficient (Wildman–Crippen LogP) is 5.26. The first kappa shape index (κ1) is 17.7. The quantitative estimate of drug-likeness (QED) is 0.645. The van der Waals surface area contributed by atoms with E-state index < -0.39 is 0 Å². The first-order valence-electron chi connectivity index (χ1n) is 7.54. The van der Waals surface area contributed by atoms with Gasteiger partial charge in [0.25, 0.3) is 5.91 Å². The van der Waals surface area contributed by atoms with Crippen molar-refractivity contribution < 1.29 is 4.79 Å².